The first-order valence-corrected chi connectivity index (χ1v) is 9.13. The summed E-state index contributed by atoms with van der Waals surface area (Å²) in [6.07, 6.45) is 1.58. The lowest BCUT2D eigenvalue weighted by molar-refractivity contribution is -0.123. The zero-order chi connectivity index (χ0) is 19.6. The van der Waals surface area contributed by atoms with Gasteiger partial charge in [-0.15, -0.1) is 0 Å². The van der Waals surface area contributed by atoms with E-state index in [4.69, 9.17) is 28.9 Å². The van der Waals surface area contributed by atoms with Crippen molar-refractivity contribution in [2.24, 2.45) is 0 Å². The Labute approximate surface area is 168 Å². The molecule has 0 spiro atoms. The van der Waals surface area contributed by atoms with Crippen molar-refractivity contribution in [3.8, 4) is 0 Å². The van der Waals surface area contributed by atoms with Gasteiger partial charge in [0.2, 0.25) is 0 Å². The summed E-state index contributed by atoms with van der Waals surface area (Å²) in [5.41, 5.74) is 3.60. The van der Waals surface area contributed by atoms with Gasteiger partial charge in [-0.2, -0.15) is 5.01 Å². The maximum absolute atomic E-state index is 12.5. The van der Waals surface area contributed by atoms with Gasteiger partial charge in [0.1, 0.15) is 0 Å². The lowest BCUT2D eigenvalue weighted by Gasteiger charge is -2.15. The fourth-order valence-electron chi connectivity index (χ4n) is 2.20. The number of carboxylic acids is 1. The number of thioether (sulfide) groups is 1. The number of carbonyl (C=O) groups excluding carboxylic acids is 2. The van der Waals surface area contributed by atoms with Crippen LogP contribution in [0.3, 0.4) is 0 Å². The summed E-state index contributed by atoms with van der Waals surface area (Å²) in [4.78, 5) is 36.0. The van der Waals surface area contributed by atoms with Crippen molar-refractivity contribution in [2.45, 2.75) is 0 Å². The van der Waals surface area contributed by atoms with Gasteiger partial charge in [-0.05, 0) is 60.3 Å². The Morgan fingerprint density at radius 2 is 1.67 bits per heavy atom. The van der Waals surface area contributed by atoms with Crippen LogP contribution in [0.1, 0.15) is 26.3 Å². The van der Waals surface area contributed by atoms with Gasteiger partial charge in [-0.3, -0.25) is 15.0 Å². The largest absolute Gasteiger partial charge is 0.478 e. The second-order valence-electron chi connectivity index (χ2n) is 5.39. The molecule has 0 saturated carbocycles. The molecule has 0 atom stereocenters. The topological polar surface area (TPSA) is 86.7 Å². The third kappa shape index (κ3) is 4.36. The van der Waals surface area contributed by atoms with Gasteiger partial charge in [0.05, 0.1) is 10.5 Å². The molecule has 0 bridgehead atoms. The summed E-state index contributed by atoms with van der Waals surface area (Å²) in [5.74, 6) is -1.98. The van der Waals surface area contributed by atoms with E-state index in [1.165, 1.54) is 24.3 Å². The van der Waals surface area contributed by atoms with E-state index in [9.17, 15) is 14.4 Å². The monoisotopic (exact) mass is 418 g/mol. The van der Waals surface area contributed by atoms with Crippen LogP contribution in [-0.4, -0.2) is 32.2 Å². The Kier molecular flexibility index (Phi) is 5.59. The van der Waals surface area contributed by atoms with Crippen LogP contribution in [0.15, 0.2) is 53.4 Å². The van der Waals surface area contributed by atoms with E-state index in [0.29, 0.717) is 21.1 Å². The molecule has 2 aromatic carbocycles. The van der Waals surface area contributed by atoms with E-state index in [2.05, 4.69) is 5.43 Å². The zero-order valence-corrected chi connectivity index (χ0v) is 15.9. The molecule has 136 valence electrons. The number of hydrogen-bond acceptors (Lipinski definition) is 5. The maximum Gasteiger partial charge on any atom is 0.335 e. The number of carbonyl (C=O) groups is 3. The summed E-state index contributed by atoms with van der Waals surface area (Å²) >= 11 is 12.0. The highest BCUT2D eigenvalue weighted by Gasteiger charge is 2.33. The van der Waals surface area contributed by atoms with E-state index in [1.54, 1.807) is 30.3 Å². The van der Waals surface area contributed by atoms with Gasteiger partial charge >= 0.3 is 5.97 Å². The highest BCUT2D eigenvalue weighted by Crippen LogP contribution is 2.31. The molecule has 1 saturated heterocycles. The van der Waals surface area contributed by atoms with Crippen molar-refractivity contribution in [1.29, 1.82) is 0 Å². The number of rotatable bonds is 4. The Balaban J connectivity index is 1.75. The number of halogens is 1. The second-order valence-corrected chi connectivity index (χ2v) is 7.50. The van der Waals surface area contributed by atoms with Crippen molar-refractivity contribution >= 4 is 63.8 Å². The number of benzene rings is 2. The van der Waals surface area contributed by atoms with E-state index in [0.717, 1.165) is 16.8 Å². The fourth-order valence-corrected chi connectivity index (χ4v) is 3.51. The molecular weight excluding hydrogens is 408 g/mol. The third-order valence-corrected chi connectivity index (χ3v) is 5.12. The number of carboxylic acid groups (broad SMARTS) is 1. The quantitative estimate of drug-likeness (QED) is 0.583. The number of aromatic carboxylic acids is 1. The highest BCUT2D eigenvalue weighted by atomic mass is 35.5. The second kappa shape index (κ2) is 7.91. The normalized spacial score (nSPS) is 15.3. The summed E-state index contributed by atoms with van der Waals surface area (Å²) in [7, 11) is 0. The Morgan fingerprint density at radius 1 is 1.07 bits per heavy atom. The van der Waals surface area contributed by atoms with E-state index >= 15 is 0 Å². The molecule has 1 heterocycles. The number of nitrogens with one attached hydrogen (secondary N) is 1. The van der Waals surface area contributed by atoms with E-state index < -0.39 is 17.8 Å². The molecule has 0 aliphatic carbocycles. The smallest absolute Gasteiger partial charge is 0.335 e. The van der Waals surface area contributed by atoms with Gasteiger partial charge < -0.3 is 5.11 Å². The zero-order valence-electron chi connectivity index (χ0n) is 13.5. The first-order chi connectivity index (χ1) is 12.8. The van der Waals surface area contributed by atoms with Crippen LogP contribution >= 0.6 is 35.6 Å². The molecule has 0 aromatic heterocycles. The van der Waals surface area contributed by atoms with Crippen LogP contribution < -0.4 is 5.43 Å². The predicted molar refractivity (Wildman–Crippen MR) is 107 cm³/mol. The third-order valence-electron chi connectivity index (χ3n) is 3.57. The average Bonchev–Trinajstić information content (AvgIpc) is 2.90. The Hall–Kier alpha value is -2.68. The van der Waals surface area contributed by atoms with Gasteiger partial charge in [0.15, 0.2) is 4.32 Å². The molecule has 27 heavy (non-hydrogen) atoms. The number of hydrogen-bond donors (Lipinski definition) is 2. The predicted octanol–water partition coefficient (Wildman–Crippen LogP) is 3.58. The molecular formula is C18H11ClN2O4S2. The molecule has 6 nitrogen and oxygen atoms in total. The van der Waals surface area contributed by atoms with Crippen LogP contribution in [0.4, 0.5) is 0 Å². The number of hydrazine groups is 1. The molecule has 3 rings (SSSR count). The van der Waals surface area contributed by atoms with Crippen LogP contribution in [-0.2, 0) is 4.79 Å². The van der Waals surface area contributed by atoms with Crippen molar-refractivity contribution < 1.29 is 19.5 Å². The van der Waals surface area contributed by atoms with Gasteiger partial charge in [-0.1, -0.05) is 35.5 Å². The van der Waals surface area contributed by atoms with Crippen molar-refractivity contribution in [2.75, 3.05) is 0 Å². The molecule has 0 radical (unpaired) electrons. The average molecular weight is 419 g/mol. The Bertz CT molecular complexity index is 972. The summed E-state index contributed by atoms with van der Waals surface area (Å²) in [6, 6.07) is 12.3. The van der Waals surface area contributed by atoms with E-state index in [1.807, 2.05) is 0 Å². The summed E-state index contributed by atoms with van der Waals surface area (Å²) < 4.78 is 0.190. The fraction of sp³-hybridized carbons (Fsp3) is 0. The minimum atomic E-state index is -1.03. The SMILES string of the molecule is O=C(O)c1ccc(/C=C2\SC(=S)N(NC(=O)c3ccc(Cl)cc3)C2=O)cc1. The molecule has 1 fully saturated rings. The van der Waals surface area contributed by atoms with Crippen molar-refractivity contribution in [3.05, 3.63) is 75.1 Å². The molecule has 2 amide bonds. The van der Waals surface area contributed by atoms with Crippen LogP contribution in [0.5, 0.6) is 0 Å². The molecule has 0 unspecified atom stereocenters. The standard InChI is InChI=1S/C18H11ClN2O4S2/c19-13-7-5-11(6-8-13)15(22)20-21-16(23)14(27-18(21)26)9-10-1-3-12(4-2-10)17(24)25/h1-9H,(H,20,22)(H,24,25)/b14-9-. The Morgan fingerprint density at radius 3 is 2.26 bits per heavy atom. The summed E-state index contributed by atoms with van der Waals surface area (Å²) in [6.45, 7) is 0. The highest BCUT2D eigenvalue weighted by molar-refractivity contribution is 8.26. The van der Waals surface area contributed by atoms with Crippen molar-refractivity contribution in [1.82, 2.24) is 10.4 Å². The molecule has 1 aliphatic heterocycles. The van der Waals surface area contributed by atoms with Crippen molar-refractivity contribution in [3.63, 3.8) is 0 Å². The molecule has 2 aromatic rings. The van der Waals surface area contributed by atoms with Gasteiger partial charge in [0.25, 0.3) is 11.8 Å². The molecule has 1 aliphatic rings. The first-order valence-electron chi connectivity index (χ1n) is 7.53. The first kappa shape index (κ1) is 19.1. The van der Waals surface area contributed by atoms with Crippen LogP contribution in [0.25, 0.3) is 6.08 Å². The van der Waals surface area contributed by atoms with Gasteiger partial charge in [-0.25, -0.2) is 4.79 Å². The number of nitrogens with zero attached hydrogens (tertiary/aromatic N) is 1. The maximum atomic E-state index is 12.5. The van der Waals surface area contributed by atoms with Crippen LogP contribution in [0.2, 0.25) is 5.02 Å². The minimum Gasteiger partial charge on any atom is -0.478 e. The number of amides is 2. The molecule has 2 N–H and O–H groups in total. The van der Waals surface area contributed by atoms with E-state index in [-0.39, 0.29) is 9.88 Å². The lowest BCUT2D eigenvalue weighted by atomic mass is 10.1. The number of thiocarbonyl (C=S) groups is 1. The minimum absolute atomic E-state index is 0.148. The molecule has 9 heteroatoms. The lowest BCUT2D eigenvalue weighted by Crippen LogP contribution is -2.44. The summed E-state index contributed by atoms with van der Waals surface area (Å²) in [5, 5.41) is 10.4. The van der Waals surface area contributed by atoms with Gasteiger partial charge in [0, 0.05) is 10.6 Å². The van der Waals surface area contributed by atoms with Crippen LogP contribution in [0, 0.1) is 0 Å².